The van der Waals surface area contributed by atoms with Crippen molar-refractivity contribution in [3.8, 4) is 0 Å². The molecule has 1 amide bonds. The predicted molar refractivity (Wildman–Crippen MR) is 106 cm³/mol. The summed E-state index contributed by atoms with van der Waals surface area (Å²) in [6.07, 6.45) is 0. The number of nitrogens with one attached hydrogen (secondary N) is 1. The fourth-order valence-electron chi connectivity index (χ4n) is 2.69. The highest BCUT2D eigenvalue weighted by Gasteiger charge is 2.13. The number of aromatic nitrogens is 3. The van der Waals surface area contributed by atoms with Gasteiger partial charge in [0.25, 0.3) is 0 Å². The molecule has 0 unspecified atom stereocenters. The number of rotatable bonds is 6. The van der Waals surface area contributed by atoms with Crippen molar-refractivity contribution in [3.63, 3.8) is 0 Å². The van der Waals surface area contributed by atoms with Gasteiger partial charge in [-0.3, -0.25) is 4.79 Å². The Morgan fingerprint density at radius 2 is 1.85 bits per heavy atom. The van der Waals surface area contributed by atoms with Gasteiger partial charge in [0.1, 0.15) is 5.82 Å². The van der Waals surface area contributed by atoms with Crippen molar-refractivity contribution in [2.45, 2.75) is 32.5 Å². The average Bonchev–Trinajstić information content (AvgIpc) is 2.97. The number of anilines is 1. The minimum atomic E-state index is -0.0473. The Bertz CT molecular complexity index is 905. The molecule has 0 atom stereocenters. The van der Waals surface area contributed by atoms with Gasteiger partial charge in [-0.25, -0.2) is 0 Å². The first kappa shape index (κ1) is 18.2. The lowest BCUT2D eigenvalue weighted by molar-refractivity contribution is -0.113. The van der Waals surface area contributed by atoms with Crippen LogP contribution in [0, 0.1) is 20.8 Å². The van der Waals surface area contributed by atoms with Crippen LogP contribution in [0.1, 0.15) is 22.5 Å². The summed E-state index contributed by atoms with van der Waals surface area (Å²) in [5.74, 6) is 1.08. The van der Waals surface area contributed by atoms with Gasteiger partial charge in [0.2, 0.25) is 5.91 Å². The highest BCUT2D eigenvalue weighted by Crippen LogP contribution is 2.20. The third-order valence-electron chi connectivity index (χ3n) is 4.07. The lowest BCUT2D eigenvalue weighted by Crippen LogP contribution is -2.15. The molecule has 0 bridgehead atoms. The quantitative estimate of drug-likeness (QED) is 0.670. The third-order valence-corrected chi connectivity index (χ3v) is 5.04. The molecule has 0 saturated carbocycles. The van der Waals surface area contributed by atoms with E-state index >= 15 is 0 Å². The summed E-state index contributed by atoms with van der Waals surface area (Å²) in [4.78, 5) is 12.3. The monoisotopic (exact) mass is 366 g/mol. The average molecular weight is 366 g/mol. The van der Waals surface area contributed by atoms with Crippen LogP contribution >= 0.6 is 11.8 Å². The van der Waals surface area contributed by atoms with Gasteiger partial charge in [0.15, 0.2) is 5.16 Å². The number of benzene rings is 2. The summed E-state index contributed by atoms with van der Waals surface area (Å²) in [7, 11) is 0. The predicted octanol–water partition coefficient (Wildman–Crippen LogP) is 3.98. The summed E-state index contributed by atoms with van der Waals surface area (Å²) >= 11 is 1.40. The van der Waals surface area contributed by atoms with Gasteiger partial charge >= 0.3 is 0 Å². The molecule has 3 rings (SSSR count). The van der Waals surface area contributed by atoms with Gasteiger partial charge in [0.05, 0.1) is 12.3 Å². The van der Waals surface area contributed by atoms with Gasteiger partial charge in [-0.1, -0.05) is 59.8 Å². The van der Waals surface area contributed by atoms with Crippen molar-refractivity contribution in [1.82, 2.24) is 14.8 Å². The smallest absolute Gasteiger partial charge is 0.234 e. The topological polar surface area (TPSA) is 59.8 Å². The Morgan fingerprint density at radius 1 is 1.08 bits per heavy atom. The number of hydrogen-bond donors (Lipinski definition) is 1. The molecule has 6 heteroatoms. The van der Waals surface area contributed by atoms with Crippen molar-refractivity contribution in [1.29, 1.82) is 0 Å². The van der Waals surface area contributed by atoms with E-state index in [4.69, 9.17) is 0 Å². The molecule has 0 fully saturated rings. The summed E-state index contributed by atoms with van der Waals surface area (Å²) < 4.78 is 2.03. The highest BCUT2D eigenvalue weighted by atomic mass is 32.2. The molecule has 1 N–H and O–H groups in total. The number of carbonyl (C=O) groups is 1. The molecule has 2 aromatic carbocycles. The van der Waals surface area contributed by atoms with Crippen LogP contribution in [-0.2, 0) is 11.3 Å². The zero-order valence-corrected chi connectivity index (χ0v) is 16.0. The van der Waals surface area contributed by atoms with Crippen molar-refractivity contribution in [2.75, 3.05) is 11.1 Å². The zero-order valence-electron chi connectivity index (χ0n) is 15.2. The second-order valence-corrected chi connectivity index (χ2v) is 7.20. The van der Waals surface area contributed by atoms with E-state index < -0.39 is 0 Å². The van der Waals surface area contributed by atoms with Crippen molar-refractivity contribution in [2.24, 2.45) is 0 Å². The molecule has 1 aromatic heterocycles. The SMILES string of the molecule is Cc1ccc(NC(=O)CSc2nnc(C)n2Cc2ccccc2)c(C)c1. The molecule has 0 aliphatic heterocycles. The van der Waals surface area contributed by atoms with Crippen molar-refractivity contribution in [3.05, 3.63) is 71.0 Å². The lowest BCUT2D eigenvalue weighted by Gasteiger charge is -2.10. The standard InChI is InChI=1S/C20H22N4OS/c1-14-9-10-18(15(2)11-14)21-19(25)13-26-20-23-22-16(3)24(20)12-17-7-5-4-6-8-17/h4-11H,12-13H2,1-3H3,(H,21,25). The maximum Gasteiger partial charge on any atom is 0.234 e. The summed E-state index contributed by atoms with van der Waals surface area (Å²) in [6, 6.07) is 16.2. The summed E-state index contributed by atoms with van der Waals surface area (Å²) in [5, 5.41) is 12.1. The van der Waals surface area contributed by atoms with Crippen LogP contribution in [0.25, 0.3) is 0 Å². The van der Waals surface area contributed by atoms with E-state index in [1.165, 1.54) is 22.9 Å². The van der Waals surface area contributed by atoms with E-state index in [-0.39, 0.29) is 5.91 Å². The fraction of sp³-hybridized carbons (Fsp3) is 0.250. The molecule has 3 aromatic rings. The van der Waals surface area contributed by atoms with E-state index in [9.17, 15) is 4.79 Å². The molecule has 26 heavy (non-hydrogen) atoms. The Kier molecular flexibility index (Phi) is 5.73. The molecule has 0 radical (unpaired) electrons. The van der Waals surface area contributed by atoms with Gasteiger partial charge in [-0.05, 0) is 38.0 Å². The Balaban J connectivity index is 1.63. The summed E-state index contributed by atoms with van der Waals surface area (Å²) in [5.41, 5.74) is 4.27. The first-order chi connectivity index (χ1) is 12.5. The number of amides is 1. The van der Waals surface area contributed by atoms with Crippen molar-refractivity contribution < 1.29 is 4.79 Å². The molecular formula is C20H22N4OS. The fourth-order valence-corrected chi connectivity index (χ4v) is 3.47. The number of nitrogens with zero attached hydrogens (tertiary/aromatic N) is 3. The molecule has 0 spiro atoms. The largest absolute Gasteiger partial charge is 0.325 e. The molecule has 1 heterocycles. The lowest BCUT2D eigenvalue weighted by atomic mass is 10.1. The highest BCUT2D eigenvalue weighted by molar-refractivity contribution is 7.99. The Labute approximate surface area is 157 Å². The van der Waals surface area contributed by atoms with Crippen LogP contribution in [0.15, 0.2) is 53.7 Å². The normalized spacial score (nSPS) is 10.7. The number of aryl methyl sites for hydroxylation is 3. The second-order valence-electron chi connectivity index (χ2n) is 6.26. The van der Waals surface area contributed by atoms with Crippen LogP contribution in [0.2, 0.25) is 0 Å². The molecule has 0 aliphatic rings. The van der Waals surface area contributed by atoms with Gasteiger partial charge in [-0.2, -0.15) is 0 Å². The Hall–Kier alpha value is -2.60. The van der Waals surface area contributed by atoms with Gasteiger partial charge in [-0.15, -0.1) is 10.2 Å². The first-order valence-corrected chi connectivity index (χ1v) is 9.45. The van der Waals surface area contributed by atoms with E-state index in [1.807, 2.05) is 55.7 Å². The Morgan fingerprint density at radius 3 is 2.58 bits per heavy atom. The number of thioether (sulfide) groups is 1. The summed E-state index contributed by atoms with van der Waals surface area (Å²) in [6.45, 7) is 6.66. The molecule has 0 aliphatic carbocycles. The van der Waals surface area contributed by atoms with Crippen LogP contribution in [0.4, 0.5) is 5.69 Å². The first-order valence-electron chi connectivity index (χ1n) is 8.46. The number of hydrogen-bond acceptors (Lipinski definition) is 4. The number of carbonyl (C=O) groups excluding carboxylic acids is 1. The van der Waals surface area contributed by atoms with Gasteiger partial charge in [0, 0.05) is 5.69 Å². The molecular weight excluding hydrogens is 344 g/mol. The third kappa shape index (κ3) is 4.52. The second kappa shape index (κ2) is 8.19. The van der Waals surface area contributed by atoms with E-state index in [0.717, 1.165) is 22.2 Å². The van der Waals surface area contributed by atoms with Crippen LogP contribution in [0.5, 0.6) is 0 Å². The van der Waals surface area contributed by atoms with Crippen molar-refractivity contribution >= 4 is 23.4 Å². The van der Waals surface area contributed by atoms with E-state index in [0.29, 0.717) is 12.3 Å². The molecule has 134 valence electrons. The zero-order chi connectivity index (χ0) is 18.5. The maximum atomic E-state index is 12.3. The van der Waals surface area contributed by atoms with E-state index in [1.54, 1.807) is 0 Å². The maximum absolute atomic E-state index is 12.3. The molecule has 0 saturated heterocycles. The van der Waals surface area contributed by atoms with Crippen LogP contribution < -0.4 is 5.32 Å². The van der Waals surface area contributed by atoms with Gasteiger partial charge < -0.3 is 9.88 Å². The van der Waals surface area contributed by atoms with E-state index in [2.05, 4.69) is 33.7 Å². The van der Waals surface area contributed by atoms with Crippen LogP contribution in [0.3, 0.4) is 0 Å². The van der Waals surface area contributed by atoms with Crippen LogP contribution in [-0.4, -0.2) is 26.4 Å². The minimum absolute atomic E-state index is 0.0473. The molecule has 5 nitrogen and oxygen atoms in total. The minimum Gasteiger partial charge on any atom is -0.325 e.